The summed E-state index contributed by atoms with van der Waals surface area (Å²) in [6.07, 6.45) is 3.15. The molecule has 0 radical (unpaired) electrons. The normalized spacial score (nSPS) is 20.2. The molecule has 0 saturated carbocycles. The number of aliphatic hydroxyl groups excluding tert-OH is 2. The quantitative estimate of drug-likeness (QED) is 0.882. The largest absolute Gasteiger partial charge is 0.396 e. The zero-order chi connectivity index (χ0) is 13.0. The minimum atomic E-state index is -0.0316. The second kappa shape index (κ2) is 6.41. The molecule has 2 N–H and O–H groups in total. The third kappa shape index (κ3) is 2.97. The van der Waals surface area contributed by atoms with E-state index >= 15 is 0 Å². The van der Waals surface area contributed by atoms with Crippen molar-refractivity contribution in [3.05, 3.63) is 28.8 Å². The van der Waals surface area contributed by atoms with E-state index in [4.69, 9.17) is 16.7 Å². The average Bonchev–Trinajstić information content (AvgIpc) is 2.39. The maximum atomic E-state index is 9.45. The van der Waals surface area contributed by atoms with E-state index in [1.165, 1.54) is 6.42 Å². The van der Waals surface area contributed by atoms with Crippen molar-refractivity contribution in [2.75, 3.05) is 24.6 Å². The molecular formula is C14H20ClNO2. The Morgan fingerprint density at radius 1 is 1.33 bits per heavy atom. The average molecular weight is 270 g/mol. The first kappa shape index (κ1) is 13.7. The van der Waals surface area contributed by atoms with Crippen LogP contribution in [0.3, 0.4) is 0 Å². The van der Waals surface area contributed by atoms with Gasteiger partial charge in [-0.05, 0) is 37.3 Å². The number of piperidine rings is 1. The van der Waals surface area contributed by atoms with Gasteiger partial charge in [0.2, 0.25) is 0 Å². The van der Waals surface area contributed by atoms with Crippen molar-refractivity contribution in [2.45, 2.75) is 25.9 Å². The van der Waals surface area contributed by atoms with E-state index in [2.05, 4.69) is 4.90 Å². The van der Waals surface area contributed by atoms with E-state index in [-0.39, 0.29) is 13.2 Å². The highest BCUT2D eigenvalue weighted by atomic mass is 35.5. The molecule has 0 bridgehead atoms. The van der Waals surface area contributed by atoms with Crippen LogP contribution in [0.5, 0.6) is 0 Å². The molecule has 1 aliphatic heterocycles. The number of rotatable bonds is 4. The van der Waals surface area contributed by atoms with Crippen molar-refractivity contribution < 1.29 is 10.2 Å². The zero-order valence-electron chi connectivity index (χ0n) is 10.5. The first-order valence-electron chi connectivity index (χ1n) is 6.50. The maximum Gasteiger partial charge on any atom is 0.0716 e. The highest BCUT2D eigenvalue weighted by Gasteiger charge is 2.21. The number of benzene rings is 1. The Balaban J connectivity index is 2.18. The molecule has 1 fully saturated rings. The molecule has 0 spiro atoms. The van der Waals surface area contributed by atoms with Crippen LogP contribution in [0.2, 0.25) is 5.02 Å². The number of hydrogen-bond donors (Lipinski definition) is 2. The molecule has 1 aliphatic rings. The fourth-order valence-corrected chi connectivity index (χ4v) is 2.93. The topological polar surface area (TPSA) is 43.7 Å². The number of hydrogen-bond acceptors (Lipinski definition) is 3. The molecule has 4 heteroatoms. The van der Waals surface area contributed by atoms with Crippen molar-refractivity contribution in [3.63, 3.8) is 0 Å². The van der Waals surface area contributed by atoms with E-state index < -0.39 is 0 Å². The number of anilines is 1. The van der Waals surface area contributed by atoms with Crippen LogP contribution in [0.25, 0.3) is 0 Å². The first-order valence-corrected chi connectivity index (χ1v) is 6.88. The molecule has 18 heavy (non-hydrogen) atoms. The van der Waals surface area contributed by atoms with Crippen LogP contribution in [0, 0.1) is 5.92 Å². The number of nitrogens with zero attached hydrogens (tertiary/aromatic N) is 1. The standard InChI is InChI=1S/C14H20ClNO2/c15-13-4-1-5-14(12(13)10-18)16-7-2-3-11(9-16)6-8-17/h1,4-5,11,17-18H,2-3,6-10H2. The molecule has 1 atom stereocenters. The van der Waals surface area contributed by atoms with Gasteiger partial charge >= 0.3 is 0 Å². The molecule has 1 unspecified atom stereocenters. The van der Waals surface area contributed by atoms with Crippen molar-refractivity contribution in [1.29, 1.82) is 0 Å². The molecule has 0 aromatic heterocycles. The Labute approximate surface area is 113 Å². The summed E-state index contributed by atoms with van der Waals surface area (Å²) < 4.78 is 0. The number of aliphatic hydroxyl groups is 2. The minimum absolute atomic E-state index is 0.0316. The Kier molecular flexibility index (Phi) is 4.87. The predicted octanol–water partition coefficient (Wildman–Crippen LogP) is 2.43. The predicted molar refractivity (Wildman–Crippen MR) is 74.0 cm³/mol. The Hall–Kier alpha value is -0.770. The van der Waals surface area contributed by atoms with E-state index in [1.54, 1.807) is 0 Å². The van der Waals surface area contributed by atoms with E-state index in [0.717, 1.165) is 37.2 Å². The third-order valence-corrected chi connectivity index (χ3v) is 4.00. The van der Waals surface area contributed by atoms with Gasteiger partial charge in [-0.25, -0.2) is 0 Å². The summed E-state index contributed by atoms with van der Waals surface area (Å²) in [5, 5.41) is 19.1. The third-order valence-electron chi connectivity index (χ3n) is 3.65. The van der Waals surface area contributed by atoms with Crippen LogP contribution in [-0.4, -0.2) is 29.9 Å². The van der Waals surface area contributed by atoms with Crippen molar-refractivity contribution >= 4 is 17.3 Å². The summed E-state index contributed by atoms with van der Waals surface area (Å²) in [7, 11) is 0. The fourth-order valence-electron chi connectivity index (χ4n) is 2.70. The fraction of sp³-hybridized carbons (Fsp3) is 0.571. The van der Waals surface area contributed by atoms with Gasteiger partial charge in [0.25, 0.3) is 0 Å². The Morgan fingerprint density at radius 3 is 2.89 bits per heavy atom. The second-order valence-electron chi connectivity index (χ2n) is 4.86. The molecule has 1 aromatic rings. The smallest absolute Gasteiger partial charge is 0.0716 e. The van der Waals surface area contributed by atoms with Gasteiger partial charge < -0.3 is 15.1 Å². The van der Waals surface area contributed by atoms with Crippen LogP contribution < -0.4 is 4.90 Å². The van der Waals surface area contributed by atoms with Gasteiger partial charge in [0, 0.05) is 36.0 Å². The molecule has 100 valence electrons. The van der Waals surface area contributed by atoms with Crippen LogP contribution >= 0.6 is 11.6 Å². The van der Waals surface area contributed by atoms with Gasteiger partial charge in [0.05, 0.1) is 6.61 Å². The maximum absolute atomic E-state index is 9.45. The summed E-state index contributed by atoms with van der Waals surface area (Å²) in [6, 6.07) is 5.75. The van der Waals surface area contributed by atoms with Crippen molar-refractivity contribution in [2.24, 2.45) is 5.92 Å². The first-order chi connectivity index (χ1) is 8.76. The van der Waals surface area contributed by atoms with Crippen LogP contribution in [0.15, 0.2) is 18.2 Å². The zero-order valence-corrected chi connectivity index (χ0v) is 11.2. The van der Waals surface area contributed by atoms with Crippen molar-refractivity contribution in [1.82, 2.24) is 0 Å². The van der Waals surface area contributed by atoms with Gasteiger partial charge in [-0.2, -0.15) is 0 Å². The van der Waals surface area contributed by atoms with Gasteiger partial charge in [-0.3, -0.25) is 0 Å². The summed E-state index contributed by atoms with van der Waals surface area (Å²) >= 11 is 6.12. The van der Waals surface area contributed by atoms with Gasteiger partial charge in [-0.1, -0.05) is 17.7 Å². The van der Waals surface area contributed by atoms with Gasteiger partial charge in [-0.15, -0.1) is 0 Å². The van der Waals surface area contributed by atoms with E-state index in [9.17, 15) is 5.11 Å². The molecule has 0 amide bonds. The van der Waals surface area contributed by atoms with Crippen LogP contribution in [-0.2, 0) is 6.61 Å². The Bertz CT molecular complexity index is 395. The molecule has 1 heterocycles. The highest BCUT2D eigenvalue weighted by molar-refractivity contribution is 6.31. The number of halogens is 1. The summed E-state index contributed by atoms with van der Waals surface area (Å²) in [6.45, 7) is 2.15. The molecule has 0 aliphatic carbocycles. The summed E-state index contributed by atoms with van der Waals surface area (Å²) in [5.41, 5.74) is 1.84. The Morgan fingerprint density at radius 2 is 2.17 bits per heavy atom. The monoisotopic (exact) mass is 269 g/mol. The molecule has 3 nitrogen and oxygen atoms in total. The van der Waals surface area contributed by atoms with Crippen LogP contribution in [0.4, 0.5) is 5.69 Å². The minimum Gasteiger partial charge on any atom is -0.396 e. The molecule has 2 rings (SSSR count). The lowest BCUT2D eigenvalue weighted by Gasteiger charge is -2.35. The lowest BCUT2D eigenvalue weighted by atomic mass is 9.94. The molecule has 1 saturated heterocycles. The second-order valence-corrected chi connectivity index (χ2v) is 5.27. The lowest BCUT2D eigenvalue weighted by molar-refractivity contribution is 0.243. The van der Waals surface area contributed by atoms with Crippen molar-refractivity contribution in [3.8, 4) is 0 Å². The summed E-state index contributed by atoms with van der Waals surface area (Å²) in [4.78, 5) is 2.28. The summed E-state index contributed by atoms with van der Waals surface area (Å²) in [5.74, 6) is 0.536. The molecular weight excluding hydrogens is 250 g/mol. The van der Waals surface area contributed by atoms with E-state index in [0.29, 0.717) is 10.9 Å². The van der Waals surface area contributed by atoms with Crippen LogP contribution in [0.1, 0.15) is 24.8 Å². The lowest BCUT2D eigenvalue weighted by Crippen LogP contribution is -2.36. The van der Waals surface area contributed by atoms with E-state index in [1.807, 2.05) is 18.2 Å². The highest BCUT2D eigenvalue weighted by Crippen LogP contribution is 2.31. The van der Waals surface area contributed by atoms with Gasteiger partial charge in [0.1, 0.15) is 0 Å². The SMILES string of the molecule is OCCC1CCCN(c2cccc(Cl)c2CO)C1. The molecule has 1 aromatic carbocycles. The van der Waals surface area contributed by atoms with Gasteiger partial charge in [0.15, 0.2) is 0 Å².